The van der Waals surface area contributed by atoms with Crippen LogP contribution in [0.4, 0.5) is 0 Å². The third kappa shape index (κ3) is 3.79. The number of aromatic nitrogens is 1. The van der Waals surface area contributed by atoms with E-state index >= 15 is 0 Å². The van der Waals surface area contributed by atoms with Gasteiger partial charge in [0.25, 0.3) is 0 Å². The van der Waals surface area contributed by atoms with Gasteiger partial charge >= 0.3 is 0 Å². The van der Waals surface area contributed by atoms with Gasteiger partial charge in [-0.1, -0.05) is 30.3 Å². The zero-order valence-electron chi connectivity index (χ0n) is 15.6. The Morgan fingerprint density at radius 3 is 2.63 bits per heavy atom. The van der Waals surface area contributed by atoms with Gasteiger partial charge in [-0.25, -0.2) is 0 Å². The first kappa shape index (κ1) is 19.6. The predicted octanol–water partition coefficient (Wildman–Crippen LogP) is 3.67. The Balaban J connectivity index is 0.00000210. The number of aliphatic hydroxyl groups excluding tert-OH is 1. The van der Waals surface area contributed by atoms with Crippen LogP contribution >= 0.6 is 12.4 Å². The summed E-state index contributed by atoms with van der Waals surface area (Å²) < 4.78 is 0. The molecule has 0 bridgehead atoms. The second-order valence-electron chi connectivity index (χ2n) is 7.45. The Kier molecular flexibility index (Phi) is 5.70. The summed E-state index contributed by atoms with van der Waals surface area (Å²) in [5.74, 6) is 0.235. The van der Waals surface area contributed by atoms with Gasteiger partial charge in [0.15, 0.2) is 0 Å². The van der Waals surface area contributed by atoms with Gasteiger partial charge in [0.2, 0.25) is 0 Å². The fourth-order valence-electron chi connectivity index (χ4n) is 4.01. The number of phenols is 1. The number of aliphatic hydroxyl groups is 1. The van der Waals surface area contributed by atoms with E-state index in [0.717, 1.165) is 33.3 Å². The highest BCUT2D eigenvalue weighted by atomic mass is 35.5. The van der Waals surface area contributed by atoms with Crippen LogP contribution in [0.25, 0.3) is 10.9 Å². The minimum absolute atomic E-state index is 0. The molecule has 5 heteroatoms. The third-order valence-corrected chi connectivity index (χ3v) is 5.26. The van der Waals surface area contributed by atoms with Crippen LogP contribution in [-0.4, -0.2) is 40.3 Å². The van der Waals surface area contributed by atoms with Crippen LogP contribution in [0.1, 0.15) is 28.3 Å². The molecule has 2 atom stereocenters. The molecule has 1 heterocycles. The van der Waals surface area contributed by atoms with Crippen molar-refractivity contribution in [2.45, 2.75) is 31.4 Å². The number of rotatable bonds is 3. The maximum absolute atomic E-state index is 10.9. The summed E-state index contributed by atoms with van der Waals surface area (Å²) in [6.45, 7) is 0.642. The van der Waals surface area contributed by atoms with Crippen molar-refractivity contribution in [3.05, 3.63) is 70.9 Å². The zero-order chi connectivity index (χ0) is 18.3. The molecule has 27 heavy (non-hydrogen) atoms. The third-order valence-electron chi connectivity index (χ3n) is 5.26. The maximum atomic E-state index is 10.9. The lowest BCUT2D eigenvalue weighted by molar-refractivity contribution is 0.133. The Bertz CT molecular complexity index is 958. The lowest BCUT2D eigenvalue weighted by Crippen LogP contribution is -2.30. The number of phenolic OH excluding ortho intramolecular Hbond substituents is 1. The van der Waals surface area contributed by atoms with E-state index in [1.165, 1.54) is 0 Å². The molecule has 0 amide bonds. The molecule has 0 saturated carbocycles. The van der Waals surface area contributed by atoms with Gasteiger partial charge in [0.05, 0.1) is 11.6 Å². The quantitative estimate of drug-likeness (QED) is 0.723. The van der Waals surface area contributed by atoms with Gasteiger partial charge in [-0.05, 0) is 49.8 Å². The van der Waals surface area contributed by atoms with Crippen molar-refractivity contribution >= 4 is 23.3 Å². The molecule has 0 saturated heterocycles. The fraction of sp³-hybridized carbons (Fsp3) is 0.318. The smallest absolute Gasteiger partial charge is 0.120 e. The summed E-state index contributed by atoms with van der Waals surface area (Å²) in [5, 5.41) is 22.4. The van der Waals surface area contributed by atoms with E-state index in [4.69, 9.17) is 4.98 Å². The Hall–Kier alpha value is -2.14. The van der Waals surface area contributed by atoms with E-state index < -0.39 is 6.10 Å². The fourth-order valence-corrected chi connectivity index (χ4v) is 4.01. The zero-order valence-corrected chi connectivity index (χ0v) is 16.4. The monoisotopic (exact) mass is 384 g/mol. The van der Waals surface area contributed by atoms with Crippen molar-refractivity contribution in [3.63, 3.8) is 0 Å². The van der Waals surface area contributed by atoms with E-state index in [9.17, 15) is 10.2 Å². The van der Waals surface area contributed by atoms with Crippen LogP contribution in [0.15, 0.2) is 48.5 Å². The van der Waals surface area contributed by atoms with Crippen molar-refractivity contribution in [3.8, 4) is 5.75 Å². The van der Waals surface area contributed by atoms with Gasteiger partial charge in [-0.3, -0.25) is 4.98 Å². The first-order valence-electron chi connectivity index (χ1n) is 9.04. The molecular formula is C22H25ClN2O2. The Morgan fingerprint density at radius 2 is 1.85 bits per heavy atom. The first-order chi connectivity index (χ1) is 12.5. The van der Waals surface area contributed by atoms with E-state index in [1.54, 1.807) is 6.07 Å². The maximum Gasteiger partial charge on any atom is 0.120 e. The number of aromatic hydroxyl groups is 1. The number of halogens is 1. The van der Waals surface area contributed by atoms with Gasteiger partial charge in [0.1, 0.15) is 5.75 Å². The van der Waals surface area contributed by atoms with Crippen LogP contribution in [-0.2, 0) is 19.4 Å². The molecule has 4 nitrogen and oxygen atoms in total. The largest absolute Gasteiger partial charge is 0.508 e. The molecule has 0 radical (unpaired) electrons. The van der Waals surface area contributed by atoms with Gasteiger partial charge in [0, 0.05) is 35.5 Å². The number of para-hydroxylation sites is 1. The average Bonchev–Trinajstić information content (AvgIpc) is 2.61. The molecule has 2 aromatic carbocycles. The molecule has 4 rings (SSSR count). The SMILES string of the molecule is CN(C)Cc1c(O)cccc1C1Cc2nc3ccccc3cc2CC1O.Cl. The minimum atomic E-state index is -0.479. The normalized spacial score (nSPS) is 19.0. The topological polar surface area (TPSA) is 56.6 Å². The number of hydrogen-bond acceptors (Lipinski definition) is 4. The molecule has 0 aliphatic heterocycles. The van der Waals surface area contributed by atoms with Gasteiger partial charge in [-0.15, -0.1) is 12.4 Å². The van der Waals surface area contributed by atoms with Gasteiger partial charge < -0.3 is 15.1 Å². The minimum Gasteiger partial charge on any atom is -0.508 e. The molecule has 142 valence electrons. The van der Waals surface area contributed by atoms with Crippen molar-refractivity contribution in [2.75, 3.05) is 14.1 Å². The molecule has 1 aliphatic rings. The summed E-state index contributed by atoms with van der Waals surface area (Å²) in [5.41, 5.74) is 5.09. The van der Waals surface area contributed by atoms with Crippen LogP contribution in [0.3, 0.4) is 0 Å². The lowest BCUT2D eigenvalue weighted by Gasteiger charge is -2.31. The number of benzene rings is 2. The molecule has 1 aromatic heterocycles. The number of hydrogen-bond donors (Lipinski definition) is 2. The van der Waals surface area contributed by atoms with Crippen LogP contribution < -0.4 is 0 Å². The lowest BCUT2D eigenvalue weighted by atomic mass is 9.78. The highest BCUT2D eigenvalue weighted by Crippen LogP contribution is 2.37. The average molecular weight is 385 g/mol. The van der Waals surface area contributed by atoms with Crippen molar-refractivity contribution < 1.29 is 10.2 Å². The van der Waals surface area contributed by atoms with E-state index in [0.29, 0.717) is 25.1 Å². The highest BCUT2D eigenvalue weighted by Gasteiger charge is 2.31. The summed E-state index contributed by atoms with van der Waals surface area (Å²) in [6, 6.07) is 15.9. The van der Waals surface area contributed by atoms with E-state index in [1.807, 2.05) is 49.3 Å². The summed E-state index contributed by atoms with van der Waals surface area (Å²) in [4.78, 5) is 6.89. The molecule has 2 N–H and O–H groups in total. The van der Waals surface area contributed by atoms with Gasteiger partial charge in [-0.2, -0.15) is 0 Å². The molecule has 3 aromatic rings. The predicted molar refractivity (Wildman–Crippen MR) is 111 cm³/mol. The highest BCUT2D eigenvalue weighted by molar-refractivity contribution is 5.85. The van der Waals surface area contributed by atoms with Crippen molar-refractivity contribution in [1.29, 1.82) is 0 Å². The van der Waals surface area contributed by atoms with Crippen LogP contribution in [0.2, 0.25) is 0 Å². The second-order valence-corrected chi connectivity index (χ2v) is 7.45. The summed E-state index contributed by atoms with van der Waals surface area (Å²) in [6.07, 6.45) is 0.799. The molecule has 2 unspecified atom stereocenters. The Morgan fingerprint density at radius 1 is 1.07 bits per heavy atom. The number of pyridine rings is 1. The van der Waals surface area contributed by atoms with Crippen molar-refractivity contribution in [2.24, 2.45) is 0 Å². The molecule has 1 aliphatic carbocycles. The standard InChI is InChI=1S/C22H24N2O2.ClH/c1-24(2)13-18-16(7-5-9-21(18)25)17-12-20-15(11-22(17)26)10-14-6-3-4-8-19(14)23-20;/h3-10,17,22,25-26H,11-13H2,1-2H3;1H. The van der Waals surface area contributed by atoms with Crippen molar-refractivity contribution in [1.82, 2.24) is 9.88 Å². The number of nitrogens with zero attached hydrogens (tertiary/aromatic N) is 2. The molecule has 0 spiro atoms. The van der Waals surface area contributed by atoms with Crippen LogP contribution in [0.5, 0.6) is 5.75 Å². The van der Waals surface area contributed by atoms with E-state index in [2.05, 4.69) is 12.1 Å². The molecular weight excluding hydrogens is 360 g/mol. The first-order valence-corrected chi connectivity index (χ1v) is 9.04. The second kappa shape index (κ2) is 7.85. The number of fused-ring (bicyclic) bond motifs is 2. The van der Waals surface area contributed by atoms with Crippen LogP contribution in [0, 0.1) is 0 Å². The summed E-state index contributed by atoms with van der Waals surface area (Å²) in [7, 11) is 3.97. The van der Waals surface area contributed by atoms with E-state index in [-0.39, 0.29) is 18.3 Å². The summed E-state index contributed by atoms with van der Waals surface area (Å²) >= 11 is 0. The Labute approximate surface area is 165 Å². The molecule has 0 fully saturated rings.